The Bertz CT molecular complexity index is 767. The molecule has 0 radical (unpaired) electrons. The Labute approximate surface area is 151 Å². The van der Waals surface area contributed by atoms with Gasteiger partial charge in [-0.1, -0.05) is 0 Å². The third-order valence-electron chi connectivity index (χ3n) is 3.33. The van der Waals surface area contributed by atoms with E-state index >= 15 is 0 Å². The van der Waals surface area contributed by atoms with Crippen molar-refractivity contribution in [3.63, 3.8) is 0 Å². The summed E-state index contributed by atoms with van der Waals surface area (Å²) < 4.78 is 29.6. The summed E-state index contributed by atoms with van der Waals surface area (Å²) >= 11 is 0. The van der Waals surface area contributed by atoms with Gasteiger partial charge in [0.25, 0.3) is 0 Å². The number of hydrogen-bond acceptors (Lipinski definition) is 4. The van der Waals surface area contributed by atoms with Gasteiger partial charge >= 0.3 is 151 Å². The number of para-hydroxylation sites is 3. The van der Waals surface area contributed by atoms with E-state index in [-0.39, 0.29) is 17.2 Å². The van der Waals surface area contributed by atoms with Crippen LogP contribution in [0.2, 0.25) is 0 Å². The Balaban J connectivity index is 2.05. The Morgan fingerprint density at radius 2 is 0.846 bits per heavy atom. The van der Waals surface area contributed by atoms with Crippen molar-refractivity contribution in [1.29, 1.82) is 0 Å². The Morgan fingerprint density at radius 3 is 1.08 bits per heavy atom. The molecule has 0 amide bonds. The topological polar surface area (TPSA) is 85.2 Å². The van der Waals surface area contributed by atoms with Gasteiger partial charge in [0.1, 0.15) is 0 Å². The molecule has 0 saturated carbocycles. The molecule has 0 heterocycles. The predicted molar refractivity (Wildman–Crippen MR) is 102 cm³/mol. The SMILES string of the molecule is O=P(O)(O)[PH](Oc1ccccc1)(Oc1ccccc1)Oc1ccccc1. The molecule has 0 fully saturated rings. The van der Waals surface area contributed by atoms with Crippen LogP contribution in [0.15, 0.2) is 91.0 Å². The zero-order chi connectivity index (χ0) is 18.5. The molecule has 0 aliphatic rings. The molecular formula is C18H18O6P2. The van der Waals surface area contributed by atoms with E-state index in [0.717, 1.165) is 0 Å². The van der Waals surface area contributed by atoms with Crippen molar-refractivity contribution in [2.24, 2.45) is 0 Å². The van der Waals surface area contributed by atoms with Crippen LogP contribution in [-0.2, 0) is 4.57 Å². The fraction of sp³-hybridized carbons (Fsp3) is 0. The molecule has 0 aliphatic carbocycles. The zero-order valence-electron chi connectivity index (χ0n) is 13.6. The fourth-order valence-corrected chi connectivity index (χ4v) is 5.96. The molecular weight excluding hydrogens is 374 g/mol. The molecule has 0 aromatic heterocycles. The summed E-state index contributed by atoms with van der Waals surface area (Å²) in [5, 5.41) is 0. The van der Waals surface area contributed by atoms with E-state index in [0.29, 0.717) is 0 Å². The van der Waals surface area contributed by atoms with Crippen molar-refractivity contribution in [2.45, 2.75) is 0 Å². The summed E-state index contributed by atoms with van der Waals surface area (Å²) in [6.45, 7) is 0. The van der Waals surface area contributed by atoms with Crippen LogP contribution in [0, 0.1) is 0 Å². The molecule has 0 unspecified atom stereocenters. The van der Waals surface area contributed by atoms with Crippen LogP contribution in [-0.4, -0.2) is 9.79 Å². The Hall–Kier alpha value is -2.36. The summed E-state index contributed by atoms with van der Waals surface area (Å²) in [4.78, 5) is 20.2. The minimum atomic E-state index is -4.93. The molecule has 0 aliphatic heterocycles. The van der Waals surface area contributed by atoms with Crippen molar-refractivity contribution >= 4 is 14.9 Å². The summed E-state index contributed by atoms with van der Waals surface area (Å²) in [5.74, 6) is 0.734. The monoisotopic (exact) mass is 392 g/mol. The second kappa shape index (κ2) is 7.90. The van der Waals surface area contributed by atoms with Gasteiger partial charge in [0.15, 0.2) is 0 Å². The minimum absolute atomic E-state index is 0.245. The van der Waals surface area contributed by atoms with Gasteiger partial charge in [-0.2, -0.15) is 0 Å². The third-order valence-corrected chi connectivity index (χ3v) is 8.48. The molecule has 6 nitrogen and oxygen atoms in total. The second-order valence-corrected chi connectivity index (χ2v) is 11.5. The van der Waals surface area contributed by atoms with E-state index in [1.807, 2.05) is 0 Å². The van der Waals surface area contributed by atoms with Crippen molar-refractivity contribution in [3.05, 3.63) is 91.0 Å². The van der Waals surface area contributed by atoms with Crippen molar-refractivity contribution in [3.8, 4) is 17.2 Å². The van der Waals surface area contributed by atoms with Crippen LogP contribution in [0.3, 0.4) is 0 Å². The van der Waals surface area contributed by atoms with Gasteiger partial charge in [0.05, 0.1) is 0 Å². The second-order valence-electron chi connectivity index (χ2n) is 5.31. The van der Waals surface area contributed by atoms with Gasteiger partial charge < -0.3 is 0 Å². The molecule has 0 spiro atoms. The third kappa shape index (κ3) is 4.43. The standard InChI is InChI=1S/C18H18O6P2/c19-25(20,21)26(22-16-10-4-1-5-11-16,23-17-12-6-2-7-13-17)24-18-14-8-3-9-15-18/h1-15,26H,(H2,19,20,21). The molecule has 2 N–H and O–H groups in total. The first-order chi connectivity index (χ1) is 12.5. The van der Waals surface area contributed by atoms with Crippen LogP contribution in [0.25, 0.3) is 0 Å². The van der Waals surface area contributed by atoms with Crippen LogP contribution >= 0.6 is 14.9 Å². The normalized spacial score (nSPS) is 12.2. The molecule has 0 atom stereocenters. The van der Waals surface area contributed by atoms with Gasteiger partial charge in [0.2, 0.25) is 0 Å². The molecule has 8 heteroatoms. The molecule has 26 heavy (non-hydrogen) atoms. The van der Waals surface area contributed by atoms with Crippen LogP contribution in [0.1, 0.15) is 0 Å². The van der Waals surface area contributed by atoms with E-state index in [4.69, 9.17) is 13.6 Å². The van der Waals surface area contributed by atoms with Crippen LogP contribution < -0.4 is 13.6 Å². The van der Waals surface area contributed by atoms with Gasteiger partial charge in [-0.15, -0.1) is 0 Å². The fourth-order valence-electron chi connectivity index (χ4n) is 2.15. The number of benzene rings is 3. The van der Waals surface area contributed by atoms with Gasteiger partial charge in [0, 0.05) is 0 Å². The first kappa shape index (κ1) is 18.4. The summed E-state index contributed by atoms with van der Waals surface area (Å²) in [7, 11) is -9.48. The van der Waals surface area contributed by atoms with Gasteiger partial charge in [-0.25, -0.2) is 0 Å². The van der Waals surface area contributed by atoms with E-state index in [2.05, 4.69) is 0 Å². The molecule has 3 rings (SSSR count). The molecule has 0 saturated heterocycles. The number of hydrogen-bond donors (Lipinski definition) is 2. The van der Waals surface area contributed by atoms with Crippen molar-refractivity contribution in [2.75, 3.05) is 0 Å². The van der Waals surface area contributed by atoms with E-state index in [9.17, 15) is 14.4 Å². The van der Waals surface area contributed by atoms with Crippen molar-refractivity contribution < 1.29 is 27.9 Å². The maximum absolute atomic E-state index is 12.4. The van der Waals surface area contributed by atoms with E-state index in [1.165, 1.54) is 0 Å². The summed E-state index contributed by atoms with van der Waals surface area (Å²) in [6.07, 6.45) is 0. The van der Waals surface area contributed by atoms with E-state index < -0.39 is 14.9 Å². The first-order valence-corrected chi connectivity index (χ1v) is 11.9. The molecule has 3 aromatic carbocycles. The average molecular weight is 392 g/mol. The van der Waals surface area contributed by atoms with Crippen molar-refractivity contribution in [1.82, 2.24) is 0 Å². The number of rotatable bonds is 7. The van der Waals surface area contributed by atoms with Crippen LogP contribution in [0.5, 0.6) is 17.2 Å². The van der Waals surface area contributed by atoms with E-state index in [1.54, 1.807) is 91.0 Å². The summed E-state index contributed by atoms with van der Waals surface area (Å²) in [5.41, 5.74) is 0. The quantitative estimate of drug-likeness (QED) is 0.562. The first-order valence-electron chi connectivity index (χ1n) is 7.76. The molecule has 0 bridgehead atoms. The Morgan fingerprint density at radius 1 is 0.577 bits per heavy atom. The zero-order valence-corrected chi connectivity index (χ0v) is 15.5. The molecule has 3 aromatic rings. The van der Waals surface area contributed by atoms with Crippen LogP contribution in [0.4, 0.5) is 0 Å². The molecule has 136 valence electrons. The Kier molecular flexibility index (Phi) is 5.60. The maximum atomic E-state index is 12.4. The summed E-state index contributed by atoms with van der Waals surface area (Å²) in [6, 6.07) is 25.0. The average Bonchev–Trinajstić information content (AvgIpc) is 2.63. The van der Waals surface area contributed by atoms with Gasteiger partial charge in [-0.3, -0.25) is 0 Å². The van der Waals surface area contributed by atoms with Gasteiger partial charge in [-0.05, 0) is 0 Å². The predicted octanol–water partition coefficient (Wildman–Crippen LogP) is 4.81.